The number of nitrogens with zero attached hydrogens (tertiary/aromatic N) is 1. The lowest BCUT2D eigenvalue weighted by Gasteiger charge is -2.34. The van der Waals surface area contributed by atoms with Crippen molar-refractivity contribution in [2.75, 3.05) is 13.1 Å². The van der Waals surface area contributed by atoms with Crippen molar-refractivity contribution in [2.45, 2.75) is 39.3 Å². The second kappa shape index (κ2) is 6.34. The van der Waals surface area contributed by atoms with Gasteiger partial charge in [-0.1, -0.05) is 13.0 Å². The van der Waals surface area contributed by atoms with Crippen LogP contribution in [0.25, 0.3) is 0 Å². The van der Waals surface area contributed by atoms with Crippen molar-refractivity contribution in [3.05, 3.63) is 22.4 Å². The number of nitrogens with one attached hydrogen (secondary N) is 1. The zero-order valence-corrected chi connectivity index (χ0v) is 12.0. The van der Waals surface area contributed by atoms with Crippen molar-refractivity contribution in [1.82, 2.24) is 10.2 Å². The average Bonchev–Trinajstić information content (AvgIpc) is 2.89. The number of carbonyl (C=O) groups is 1. The molecule has 1 fully saturated rings. The van der Waals surface area contributed by atoms with E-state index in [1.54, 1.807) is 11.3 Å². The van der Waals surface area contributed by atoms with Gasteiger partial charge in [-0.05, 0) is 50.2 Å². The van der Waals surface area contributed by atoms with Crippen LogP contribution in [0.15, 0.2) is 17.5 Å². The van der Waals surface area contributed by atoms with E-state index in [2.05, 4.69) is 23.2 Å². The molecule has 100 valence electrons. The van der Waals surface area contributed by atoms with Crippen LogP contribution >= 0.6 is 11.3 Å². The lowest BCUT2D eigenvalue weighted by Crippen LogP contribution is -2.47. The van der Waals surface area contributed by atoms with Gasteiger partial charge >= 0.3 is 0 Å². The van der Waals surface area contributed by atoms with Gasteiger partial charge in [0, 0.05) is 4.88 Å². The smallest absolute Gasteiger partial charge is 0.237 e. The van der Waals surface area contributed by atoms with Crippen molar-refractivity contribution < 1.29 is 4.79 Å². The Kier molecular flexibility index (Phi) is 4.78. The fraction of sp³-hybridized carbons (Fsp3) is 0.643. The third-order valence-electron chi connectivity index (χ3n) is 3.76. The van der Waals surface area contributed by atoms with E-state index in [1.165, 1.54) is 17.7 Å². The molecule has 18 heavy (non-hydrogen) atoms. The van der Waals surface area contributed by atoms with Gasteiger partial charge in [0.25, 0.3) is 0 Å². The molecule has 1 aromatic rings. The van der Waals surface area contributed by atoms with Crippen molar-refractivity contribution in [3.63, 3.8) is 0 Å². The van der Waals surface area contributed by atoms with Gasteiger partial charge in [-0.15, -0.1) is 11.3 Å². The summed E-state index contributed by atoms with van der Waals surface area (Å²) in [4.78, 5) is 15.6. The molecule has 0 aromatic carbocycles. The van der Waals surface area contributed by atoms with Crippen molar-refractivity contribution in [3.8, 4) is 0 Å². The summed E-state index contributed by atoms with van der Waals surface area (Å²) in [5, 5.41) is 5.06. The van der Waals surface area contributed by atoms with Crippen LogP contribution in [0, 0.1) is 5.92 Å². The number of thiophene rings is 1. The molecule has 1 aromatic heterocycles. The van der Waals surface area contributed by atoms with Crippen LogP contribution in [0.3, 0.4) is 0 Å². The first-order valence-electron chi connectivity index (χ1n) is 6.71. The Labute approximate surface area is 113 Å². The molecular formula is C14H22N2OS. The molecule has 1 saturated heterocycles. The van der Waals surface area contributed by atoms with Gasteiger partial charge < -0.3 is 5.32 Å². The first-order valence-corrected chi connectivity index (χ1v) is 7.59. The molecule has 1 aliphatic heterocycles. The van der Waals surface area contributed by atoms with Gasteiger partial charge in [-0.25, -0.2) is 0 Å². The van der Waals surface area contributed by atoms with Crippen LogP contribution in [0.1, 0.15) is 31.6 Å². The van der Waals surface area contributed by atoms with E-state index in [-0.39, 0.29) is 11.9 Å². The summed E-state index contributed by atoms with van der Waals surface area (Å²) in [6, 6.07) is 4.07. The minimum atomic E-state index is -0.00235. The number of hydrogen-bond acceptors (Lipinski definition) is 3. The maximum atomic E-state index is 12.1. The van der Waals surface area contributed by atoms with Crippen LogP contribution in [0.5, 0.6) is 0 Å². The maximum Gasteiger partial charge on any atom is 0.237 e. The predicted octanol–water partition coefficient (Wildman–Crippen LogP) is 2.48. The van der Waals surface area contributed by atoms with E-state index in [0.29, 0.717) is 6.54 Å². The topological polar surface area (TPSA) is 32.3 Å². The fourth-order valence-electron chi connectivity index (χ4n) is 2.32. The number of amides is 1. The van der Waals surface area contributed by atoms with Crippen LogP contribution in [-0.2, 0) is 11.3 Å². The van der Waals surface area contributed by atoms with E-state index in [0.717, 1.165) is 19.0 Å². The minimum absolute atomic E-state index is 0.00235. The zero-order valence-electron chi connectivity index (χ0n) is 11.2. The molecule has 0 spiro atoms. The largest absolute Gasteiger partial charge is 0.350 e. The molecule has 0 radical (unpaired) electrons. The second-order valence-electron chi connectivity index (χ2n) is 5.19. The van der Waals surface area contributed by atoms with Crippen molar-refractivity contribution in [1.29, 1.82) is 0 Å². The van der Waals surface area contributed by atoms with E-state index in [9.17, 15) is 4.79 Å². The molecule has 1 aliphatic rings. The van der Waals surface area contributed by atoms with Gasteiger partial charge in [0.05, 0.1) is 12.6 Å². The monoisotopic (exact) mass is 266 g/mol. The molecule has 4 heteroatoms. The molecule has 0 aliphatic carbocycles. The maximum absolute atomic E-state index is 12.1. The first-order chi connectivity index (χ1) is 8.66. The van der Waals surface area contributed by atoms with Crippen LogP contribution < -0.4 is 5.32 Å². The zero-order chi connectivity index (χ0) is 13.0. The third kappa shape index (κ3) is 3.56. The van der Waals surface area contributed by atoms with Gasteiger partial charge in [-0.2, -0.15) is 0 Å². The first kappa shape index (κ1) is 13.6. The number of hydrogen-bond donors (Lipinski definition) is 1. The average molecular weight is 266 g/mol. The van der Waals surface area contributed by atoms with Crippen molar-refractivity contribution in [2.24, 2.45) is 5.92 Å². The SMILES string of the molecule is CC1CCN(C(C)C(=O)NCc2cccs2)CC1. The van der Waals surface area contributed by atoms with E-state index in [4.69, 9.17) is 0 Å². The summed E-state index contributed by atoms with van der Waals surface area (Å²) >= 11 is 1.68. The highest BCUT2D eigenvalue weighted by Crippen LogP contribution is 2.18. The molecule has 3 nitrogen and oxygen atoms in total. The Bertz CT molecular complexity index is 369. The Morgan fingerprint density at radius 1 is 1.56 bits per heavy atom. The molecule has 0 bridgehead atoms. The van der Waals surface area contributed by atoms with Crippen LogP contribution in [0.4, 0.5) is 0 Å². The number of likely N-dealkylation sites (tertiary alicyclic amines) is 1. The highest BCUT2D eigenvalue weighted by Gasteiger charge is 2.24. The molecule has 1 N–H and O–H groups in total. The van der Waals surface area contributed by atoms with Gasteiger partial charge in [0.1, 0.15) is 0 Å². The highest BCUT2D eigenvalue weighted by molar-refractivity contribution is 7.09. The van der Waals surface area contributed by atoms with Crippen LogP contribution in [0.2, 0.25) is 0 Å². The summed E-state index contributed by atoms with van der Waals surface area (Å²) in [7, 11) is 0. The summed E-state index contributed by atoms with van der Waals surface area (Å²) in [5.74, 6) is 0.959. The number of piperidine rings is 1. The van der Waals surface area contributed by atoms with E-state index >= 15 is 0 Å². The lowest BCUT2D eigenvalue weighted by atomic mass is 9.98. The van der Waals surface area contributed by atoms with E-state index < -0.39 is 0 Å². The Hall–Kier alpha value is -0.870. The van der Waals surface area contributed by atoms with Gasteiger partial charge in [0.15, 0.2) is 0 Å². The molecule has 1 amide bonds. The summed E-state index contributed by atoms with van der Waals surface area (Å²) in [6.45, 7) is 7.06. The summed E-state index contributed by atoms with van der Waals surface area (Å²) in [6.07, 6.45) is 2.42. The minimum Gasteiger partial charge on any atom is -0.350 e. The van der Waals surface area contributed by atoms with Gasteiger partial charge in [-0.3, -0.25) is 9.69 Å². The molecule has 0 saturated carbocycles. The Morgan fingerprint density at radius 2 is 2.28 bits per heavy atom. The third-order valence-corrected chi connectivity index (χ3v) is 4.64. The van der Waals surface area contributed by atoms with Crippen molar-refractivity contribution >= 4 is 17.2 Å². The molecule has 1 unspecified atom stereocenters. The second-order valence-corrected chi connectivity index (χ2v) is 6.22. The fourth-order valence-corrected chi connectivity index (χ4v) is 2.96. The van der Waals surface area contributed by atoms with E-state index in [1.807, 2.05) is 18.4 Å². The molecule has 2 heterocycles. The Morgan fingerprint density at radius 3 is 2.89 bits per heavy atom. The number of carbonyl (C=O) groups excluding carboxylic acids is 1. The quantitative estimate of drug-likeness (QED) is 0.908. The van der Waals surface area contributed by atoms with Gasteiger partial charge in [0.2, 0.25) is 5.91 Å². The predicted molar refractivity (Wildman–Crippen MR) is 75.6 cm³/mol. The molecule has 2 rings (SSSR count). The summed E-state index contributed by atoms with van der Waals surface area (Å²) < 4.78 is 0. The highest BCUT2D eigenvalue weighted by atomic mass is 32.1. The number of rotatable bonds is 4. The summed E-state index contributed by atoms with van der Waals surface area (Å²) in [5.41, 5.74) is 0. The molecular weight excluding hydrogens is 244 g/mol. The standard InChI is InChI=1S/C14H22N2OS/c1-11-5-7-16(8-6-11)12(2)14(17)15-10-13-4-3-9-18-13/h3-4,9,11-12H,5-8,10H2,1-2H3,(H,15,17). The Balaban J connectivity index is 1.77. The molecule has 1 atom stereocenters. The van der Waals surface area contributed by atoms with Crippen LogP contribution in [-0.4, -0.2) is 29.9 Å². The lowest BCUT2D eigenvalue weighted by molar-refractivity contribution is -0.126. The normalized spacial score (nSPS) is 19.7.